The number of hydrogen-bond donors (Lipinski definition) is 1. The van der Waals surface area contributed by atoms with E-state index in [0.717, 1.165) is 0 Å². The predicted octanol–water partition coefficient (Wildman–Crippen LogP) is 3.75. The van der Waals surface area contributed by atoms with Gasteiger partial charge in [-0.3, -0.25) is 4.79 Å². The number of amides is 1. The minimum atomic E-state index is -0.357. The lowest BCUT2D eigenvalue weighted by molar-refractivity contribution is -0.120. The summed E-state index contributed by atoms with van der Waals surface area (Å²) >= 11 is 6.12. The van der Waals surface area contributed by atoms with Crippen LogP contribution in [0.2, 0.25) is 5.02 Å². The van der Waals surface area contributed by atoms with E-state index in [1.165, 1.54) is 20.4 Å². The van der Waals surface area contributed by atoms with E-state index in [1.54, 1.807) is 30.3 Å². The third-order valence-corrected chi connectivity index (χ3v) is 3.67. The van der Waals surface area contributed by atoms with Gasteiger partial charge in [-0.15, -0.1) is 0 Å². The first-order valence-corrected chi connectivity index (χ1v) is 8.55. The molecule has 1 amide bonds. The molecule has 0 heterocycles. The van der Waals surface area contributed by atoms with Crippen molar-refractivity contribution >= 4 is 29.4 Å². The first-order chi connectivity index (χ1) is 13.1. The van der Waals surface area contributed by atoms with Crippen LogP contribution in [0, 0.1) is 0 Å². The van der Waals surface area contributed by atoms with Gasteiger partial charge in [-0.25, -0.2) is 0 Å². The van der Waals surface area contributed by atoms with Crippen molar-refractivity contribution in [3.63, 3.8) is 0 Å². The molecular formula is C19H21ClN2O5. The highest BCUT2D eigenvalue weighted by atomic mass is 35.5. The Morgan fingerprint density at radius 2 is 1.96 bits per heavy atom. The number of methoxy groups -OCH3 is 2. The highest BCUT2D eigenvalue weighted by molar-refractivity contribution is 6.32. The van der Waals surface area contributed by atoms with Gasteiger partial charge in [-0.2, -0.15) is 0 Å². The van der Waals surface area contributed by atoms with Gasteiger partial charge >= 0.3 is 0 Å². The normalized spacial score (nSPS) is 10.5. The zero-order valence-corrected chi connectivity index (χ0v) is 16.1. The topological polar surface area (TPSA) is 78.4 Å². The SMILES string of the molecule is CCOc1ccccc1NC(=O)CO/N=C\c1cc(Cl)c(OC)c(OC)c1. The highest BCUT2D eigenvalue weighted by Crippen LogP contribution is 2.35. The Morgan fingerprint density at radius 3 is 2.67 bits per heavy atom. The molecule has 0 fully saturated rings. The molecule has 0 saturated heterocycles. The van der Waals surface area contributed by atoms with Crippen molar-refractivity contribution < 1.29 is 23.8 Å². The Kier molecular flexibility index (Phi) is 7.76. The fraction of sp³-hybridized carbons (Fsp3) is 0.263. The van der Waals surface area contributed by atoms with Crippen LogP contribution >= 0.6 is 11.6 Å². The van der Waals surface area contributed by atoms with Gasteiger partial charge in [0.05, 0.1) is 37.8 Å². The second-order valence-corrected chi connectivity index (χ2v) is 5.63. The van der Waals surface area contributed by atoms with E-state index >= 15 is 0 Å². The summed E-state index contributed by atoms with van der Waals surface area (Å²) in [5.41, 5.74) is 1.21. The van der Waals surface area contributed by atoms with E-state index in [4.69, 9.17) is 30.6 Å². The van der Waals surface area contributed by atoms with Crippen molar-refractivity contribution in [3.8, 4) is 17.2 Å². The lowest BCUT2D eigenvalue weighted by Crippen LogP contribution is -2.17. The van der Waals surface area contributed by atoms with Crippen LogP contribution in [0.4, 0.5) is 5.69 Å². The third kappa shape index (κ3) is 5.79. The van der Waals surface area contributed by atoms with Crippen LogP contribution < -0.4 is 19.5 Å². The van der Waals surface area contributed by atoms with E-state index in [1.807, 2.05) is 13.0 Å². The van der Waals surface area contributed by atoms with Crippen molar-refractivity contribution in [3.05, 3.63) is 47.0 Å². The molecule has 0 aliphatic rings. The molecular weight excluding hydrogens is 372 g/mol. The Balaban J connectivity index is 1.92. The Hall–Kier alpha value is -2.93. The van der Waals surface area contributed by atoms with Gasteiger partial charge in [-0.05, 0) is 31.2 Å². The lowest BCUT2D eigenvalue weighted by atomic mass is 10.2. The molecule has 0 radical (unpaired) electrons. The number of para-hydroxylation sites is 2. The number of nitrogens with one attached hydrogen (secondary N) is 1. The summed E-state index contributed by atoms with van der Waals surface area (Å²) in [6.45, 7) is 2.12. The van der Waals surface area contributed by atoms with Gasteiger partial charge in [0.1, 0.15) is 5.75 Å². The molecule has 1 N–H and O–H groups in total. The fourth-order valence-electron chi connectivity index (χ4n) is 2.24. The van der Waals surface area contributed by atoms with Gasteiger partial charge in [0, 0.05) is 5.56 Å². The molecule has 0 aliphatic heterocycles. The Bertz CT molecular complexity index is 811. The van der Waals surface area contributed by atoms with E-state index in [0.29, 0.717) is 40.1 Å². The molecule has 8 heteroatoms. The molecule has 0 atom stereocenters. The summed E-state index contributed by atoms with van der Waals surface area (Å²) in [7, 11) is 3.01. The van der Waals surface area contributed by atoms with Crippen LogP contribution in [0.3, 0.4) is 0 Å². The molecule has 144 valence electrons. The van der Waals surface area contributed by atoms with Crippen molar-refractivity contribution in [2.75, 3.05) is 32.8 Å². The zero-order valence-electron chi connectivity index (χ0n) is 15.3. The number of nitrogens with zero attached hydrogens (tertiary/aromatic N) is 1. The minimum absolute atomic E-state index is 0.252. The second kappa shape index (κ2) is 10.3. The van der Waals surface area contributed by atoms with Crippen LogP contribution in [0.25, 0.3) is 0 Å². The van der Waals surface area contributed by atoms with Crippen molar-refractivity contribution in [1.82, 2.24) is 0 Å². The van der Waals surface area contributed by atoms with Gasteiger partial charge in [0.2, 0.25) is 0 Å². The number of halogens is 1. The number of carbonyl (C=O) groups excluding carboxylic acids is 1. The zero-order chi connectivity index (χ0) is 19.6. The standard InChI is InChI=1S/C19H21ClN2O5/c1-4-26-16-8-6-5-7-15(16)22-18(23)12-27-21-11-13-9-14(20)19(25-3)17(10-13)24-2/h5-11H,4,12H2,1-3H3,(H,22,23)/b21-11-. The summed E-state index contributed by atoms with van der Waals surface area (Å²) < 4.78 is 15.8. The molecule has 27 heavy (non-hydrogen) atoms. The lowest BCUT2D eigenvalue weighted by Gasteiger charge is -2.10. The molecule has 0 spiro atoms. The minimum Gasteiger partial charge on any atom is -0.493 e. The monoisotopic (exact) mass is 392 g/mol. The summed E-state index contributed by atoms with van der Waals surface area (Å²) in [5.74, 6) is 1.14. The quantitative estimate of drug-likeness (QED) is 0.519. The molecule has 2 aromatic rings. The molecule has 0 unspecified atom stereocenters. The van der Waals surface area contributed by atoms with Crippen LogP contribution in [0.1, 0.15) is 12.5 Å². The van der Waals surface area contributed by atoms with Gasteiger partial charge in [0.25, 0.3) is 5.91 Å². The molecule has 2 rings (SSSR count). The van der Waals surface area contributed by atoms with Crippen LogP contribution in [-0.4, -0.2) is 39.6 Å². The molecule has 0 bridgehead atoms. The maximum atomic E-state index is 12.0. The number of anilines is 1. The molecule has 0 aliphatic carbocycles. The molecule has 0 aromatic heterocycles. The maximum Gasteiger partial charge on any atom is 0.265 e. The second-order valence-electron chi connectivity index (χ2n) is 5.22. The molecule has 0 saturated carbocycles. The van der Waals surface area contributed by atoms with Crippen molar-refractivity contribution in [2.45, 2.75) is 6.92 Å². The maximum absolute atomic E-state index is 12.0. The summed E-state index contributed by atoms with van der Waals surface area (Å²) in [6.07, 6.45) is 1.43. The van der Waals surface area contributed by atoms with Crippen LogP contribution in [0.5, 0.6) is 17.2 Å². The average molecular weight is 393 g/mol. The Labute approximate surface area is 162 Å². The highest BCUT2D eigenvalue weighted by Gasteiger charge is 2.10. The predicted molar refractivity (Wildman–Crippen MR) is 104 cm³/mol. The number of benzene rings is 2. The first-order valence-electron chi connectivity index (χ1n) is 8.17. The van der Waals surface area contributed by atoms with Crippen LogP contribution in [-0.2, 0) is 9.63 Å². The van der Waals surface area contributed by atoms with E-state index in [9.17, 15) is 4.79 Å². The van der Waals surface area contributed by atoms with E-state index in [-0.39, 0.29) is 12.5 Å². The summed E-state index contributed by atoms with van der Waals surface area (Å²) in [5, 5.41) is 6.88. The first kappa shape index (κ1) is 20.4. The number of ether oxygens (including phenoxy) is 3. The van der Waals surface area contributed by atoms with Gasteiger partial charge in [0.15, 0.2) is 18.1 Å². The van der Waals surface area contributed by atoms with Gasteiger partial charge < -0.3 is 24.4 Å². The van der Waals surface area contributed by atoms with E-state index < -0.39 is 0 Å². The van der Waals surface area contributed by atoms with Crippen molar-refractivity contribution in [1.29, 1.82) is 0 Å². The number of rotatable bonds is 9. The van der Waals surface area contributed by atoms with Crippen LogP contribution in [0.15, 0.2) is 41.6 Å². The Morgan fingerprint density at radius 1 is 1.19 bits per heavy atom. The number of hydrogen-bond acceptors (Lipinski definition) is 6. The average Bonchev–Trinajstić information content (AvgIpc) is 2.66. The summed E-state index contributed by atoms with van der Waals surface area (Å²) in [4.78, 5) is 17.0. The van der Waals surface area contributed by atoms with Gasteiger partial charge in [-0.1, -0.05) is 28.9 Å². The largest absolute Gasteiger partial charge is 0.493 e. The van der Waals surface area contributed by atoms with Crippen molar-refractivity contribution in [2.24, 2.45) is 5.16 Å². The molecule has 2 aromatic carbocycles. The van der Waals surface area contributed by atoms with E-state index in [2.05, 4.69) is 10.5 Å². The number of oxime groups is 1. The smallest absolute Gasteiger partial charge is 0.265 e. The summed E-state index contributed by atoms with van der Waals surface area (Å²) in [6, 6.07) is 10.5. The fourth-order valence-corrected chi connectivity index (χ4v) is 2.54. The third-order valence-electron chi connectivity index (χ3n) is 3.39. The molecule has 7 nitrogen and oxygen atoms in total. The number of carbonyl (C=O) groups is 1.